The third kappa shape index (κ3) is 3.96. The Morgan fingerprint density at radius 2 is 1.88 bits per heavy atom. The van der Waals surface area contributed by atoms with E-state index in [0.717, 1.165) is 5.69 Å². The van der Waals surface area contributed by atoms with Crippen molar-refractivity contribution in [3.8, 4) is 11.3 Å². The lowest BCUT2D eigenvalue weighted by atomic mass is 10.0. The smallest absolute Gasteiger partial charge is 0.335 e. The van der Waals surface area contributed by atoms with Gasteiger partial charge in [-0.05, 0) is 72.9 Å². The summed E-state index contributed by atoms with van der Waals surface area (Å²) >= 11 is 5.64. The minimum Gasteiger partial charge on any atom is -0.478 e. The highest BCUT2D eigenvalue weighted by molar-refractivity contribution is 7.80. The van der Waals surface area contributed by atoms with Crippen LogP contribution in [0.25, 0.3) is 11.3 Å². The number of carboxylic acid groups (broad SMARTS) is 1. The van der Waals surface area contributed by atoms with Gasteiger partial charge in [-0.25, -0.2) is 9.18 Å². The molecule has 1 saturated heterocycles. The molecule has 0 amide bonds. The predicted molar refractivity (Wildman–Crippen MR) is 125 cm³/mol. The van der Waals surface area contributed by atoms with Crippen molar-refractivity contribution in [2.24, 2.45) is 0 Å². The van der Waals surface area contributed by atoms with Crippen molar-refractivity contribution in [1.29, 1.82) is 0 Å². The highest BCUT2D eigenvalue weighted by Gasteiger charge is 2.42. The van der Waals surface area contributed by atoms with Crippen LogP contribution in [-0.2, 0) is 0 Å². The number of pyridine rings is 1. The van der Waals surface area contributed by atoms with Crippen LogP contribution in [0.2, 0.25) is 0 Å². The number of thiocarbonyl (C=S) groups is 1. The van der Waals surface area contributed by atoms with Gasteiger partial charge in [0.2, 0.25) is 0 Å². The second-order valence-electron chi connectivity index (χ2n) is 7.56. The van der Waals surface area contributed by atoms with Crippen molar-refractivity contribution < 1.29 is 18.7 Å². The normalized spacial score (nSPS) is 17.7. The summed E-state index contributed by atoms with van der Waals surface area (Å²) in [5, 5.41) is 13.1. The van der Waals surface area contributed by atoms with Crippen LogP contribution in [-0.4, -0.2) is 21.2 Å². The van der Waals surface area contributed by atoms with Gasteiger partial charge in [0.15, 0.2) is 5.11 Å². The molecule has 0 saturated carbocycles. The van der Waals surface area contributed by atoms with Gasteiger partial charge in [0.05, 0.1) is 17.3 Å². The summed E-state index contributed by atoms with van der Waals surface area (Å²) in [5.74, 6) is -0.206. The van der Waals surface area contributed by atoms with E-state index in [9.17, 15) is 14.3 Å². The van der Waals surface area contributed by atoms with Crippen LogP contribution in [0.1, 0.15) is 33.9 Å². The summed E-state index contributed by atoms with van der Waals surface area (Å²) in [6.07, 6.45) is 1.71. The Morgan fingerprint density at radius 3 is 2.61 bits per heavy atom. The number of furan rings is 1. The van der Waals surface area contributed by atoms with E-state index in [1.165, 1.54) is 18.2 Å². The topological polar surface area (TPSA) is 78.6 Å². The van der Waals surface area contributed by atoms with Gasteiger partial charge >= 0.3 is 5.97 Å². The van der Waals surface area contributed by atoms with Gasteiger partial charge in [-0.2, -0.15) is 0 Å². The summed E-state index contributed by atoms with van der Waals surface area (Å²) in [6, 6.07) is 21.2. The molecule has 5 rings (SSSR count). The summed E-state index contributed by atoms with van der Waals surface area (Å²) < 4.78 is 19.8. The molecule has 0 spiro atoms. The number of aromatic nitrogens is 1. The Balaban J connectivity index is 1.58. The molecule has 8 heteroatoms. The molecule has 0 bridgehead atoms. The van der Waals surface area contributed by atoms with Crippen molar-refractivity contribution in [2.45, 2.75) is 12.1 Å². The van der Waals surface area contributed by atoms with E-state index in [4.69, 9.17) is 16.6 Å². The van der Waals surface area contributed by atoms with Crippen LogP contribution in [0.4, 0.5) is 10.1 Å². The van der Waals surface area contributed by atoms with Gasteiger partial charge < -0.3 is 19.7 Å². The van der Waals surface area contributed by atoms with E-state index in [-0.39, 0.29) is 17.4 Å². The second-order valence-corrected chi connectivity index (χ2v) is 7.95. The number of rotatable bonds is 5. The molecule has 6 nitrogen and oxygen atoms in total. The fraction of sp³-hybridized carbons (Fsp3) is 0.0800. The van der Waals surface area contributed by atoms with Gasteiger partial charge in [0, 0.05) is 17.4 Å². The minimum atomic E-state index is -1.01. The molecule has 2 aromatic carbocycles. The molecule has 2 N–H and O–H groups in total. The zero-order chi connectivity index (χ0) is 22.9. The molecule has 0 radical (unpaired) electrons. The lowest BCUT2D eigenvalue weighted by molar-refractivity contribution is 0.0697. The van der Waals surface area contributed by atoms with Crippen molar-refractivity contribution in [3.05, 3.63) is 108 Å². The first-order chi connectivity index (χ1) is 16.0. The number of halogens is 1. The number of aromatic carboxylic acids is 1. The fourth-order valence-corrected chi connectivity index (χ4v) is 4.34. The fourth-order valence-electron chi connectivity index (χ4n) is 4.00. The Bertz CT molecular complexity index is 1320. The minimum absolute atomic E-state index is 0.175. The first-order valence-electron chi connectivity index (χ1n) is 10.2. The quantitative estimate of drug-likeness (QED) is 0.389. The van der Waals surface area contributed by atoms with Crippen LogP contribution in [0, 0.1) is 5.82 Å². The number of carboxylic acids is 1. The maximum absolute atomic E-state index is 13.6. The Labute approximate surface area is 194 Å². The van der Waals surface area contributed by atoms with E-state index in [1.807, 2.05) is 29.2 Å². The van der Waals surface area contributed by atoms with Crippen LogP contribution in [0.3, 0.4) is 0 Å². The highest BCUT2D eigenvalue weighted by atomic mass is 32.1. The molecular formula is C25H18FN3O3S. The maximum atomic E-state index is 13.6. The average molecular weight is 460 g/mol. The molecule has 164 valence electrons. The number of hydrogen-bond acceptors (Lipinski definition) is 4. The zero-order valence-corrected chi connectivity index (χ0v) is 18.0. The summed E-state index contributed by atoms with van der Waals surface area (Å²) in [4.78, 5) is 17.7. The summed E-state index contributed by atoms with van der Waals surface area (Å²) in [7, 11) is 0. The van der Waals surface area contributed by atoms with Crippen LogP contribution < -0.4 is 10.2 Å². The first kappa shape index (κ1) is 20.8. The maximum Gasteiger partial charge on any atom is 0.335 e. The molecular weight excluding hydrogens is 441 g/mol. The van der Waals surface area contributed by atoms with Crippen LogP contribution >= 0.6 is 12.2 Å². The van der Waals surface area contributed by atoms with Crippen molar-refractivity contribution >= 4 is 29.0 Å². The average Bonchev–Trinajstić information content (AvgIpc) is 3.45. The van der Waals surface area contributed by atoms with E-state index < -0.39 is 12.0 Å². The predicted octanol–water partition coefficient (Wildman–Crippen LogP) is 5.36. The largest absolute Gasteiger partial charge is 0.478 e. The van der Waals surface area contributed by atoms with Gasteiger partial charge in [0.25, 0.3) is 0 Å². The number of anilines is 1. The third-order valence-electron chi connectivity index (χ3n) is 5.52. The number of nitrogens with zero attached hydrogens (tertiary/aromatic N) is 2. The lowest BCUT2D eigenvalue weighted by Gasteiger charge is -2.26. The Kier molecular flexibility index (Phi) is 5.35. The molecule has 33 heavy (non-hydrogen) atoms. The highest BCUT2D eigenvalue weighted by Crippen LogP contribution is 2.42. The Morgan fingerprint density at radius 1 is 1.06 bits per heavy atom. The summed E-state index contributed by atoms with van der Waals surface area (Å²) in [6.45, 7) is 0. The third-order valence-corrected chi connectivity index (χ3v) is 5.83. The van der Waals surface area contributed by atoms with E-state index in [0.29, 0.717) is 27.9 Å². The van der Waals surface area contributed by atoms with Crippen molar-refractivity contribution in [3.63, 3.8) is 0 Å². The number of benzene rings is 2. The molecule has 1 aliphatic heterocycles. The molecule has 1 fully saturated rings. The van der Waals surface area contributed by atoms with Gasteiger partial charge in [-0.15, -0.1) is 0 Å². The molecule has 3 heterocycles. The van der Waals surface area contributed by atoms with Crippen molar-refractivity contribution in [2.75, 3.05) is 4.90 Å². The molecule has 2 aromatic heterocycles. The van der Waals surface area contributed by atoms with E-state index in [2.05, 4.69) is 10.3 Å². The first-order valence-corrected chi connectivity index (χ1v) is 10.6. The zero-order valence-electron chi connectivity index (χ0n) is 17.2. The molecule has 1 aliphatic rings. The standard InChI is InChI=1S/C25H18FN3O3S/c26-17-7-9-18(10-8-17)29-23(22(28-25(29)33)19-6-1-2-13-27-19)21-12-11-20(32-21)15-4-3-5-16(14-15)24(30)31/h1-14,22-23H,(H,28,33)(H,30,31)/t22-,23+/m1/s1. The lowest BCUT2D eigenvalue weighted by Crippen LogP contribution is -2.29. The SMILES string of the molecule is O=C(O)c1cccc(-c2ccc([C@H]3[C@@H](c4ccccn4)NC(=S)N3c3ccc(F)cc3)o2)c1. The second kappa shape index (κ2) is 8.48. The monoisotopic (exact) mass is 459 g/mol. The van der Waals surface area contributed by atoms with E-state index >= 15 is 0 Å². The van der Waals surface area contributed by atoms with Gasteiger partial charge in [-0.3, -0.25) is 4.98 Å². The molecule has 4 aromatic rings. The van der Waals surface area contributed by atoms with Crippen LogP contribution in [0.5, 0.6) is 0 Å². The number of carbonyl (C=O) groups is 1. The van der Waals surface area contributed by atoms with Crippen LogP contribution in [0.15, 0.2) is 89.5 Å². The van der Waals surface area contributed by atoms with E-state index in [1.54, 1.807) is 42.6 Å². The van der Waals surface area contributed by atoms with Gasteiger partial charge in [-0.1, -0.05) is 18.2 Å². The molecule has 2 atom stereocenters. The number of nitrogens with one attached hydrogen (secondary N) is 1. The molecule has 0 aliphatic carbocycles. The van der Waals surface area contributed by atoms with Crippen molar-refractivity contribution in [1.82, 2.24) is 10.3 Å². The van der Waals surface area contributed by atoms with Gasteiger partial charge in [0.1, 0.15) is 23.4 Å². The Hall–Kier alpha value is -4.04. The number of hydrogen-bond donors (Lipinski definition) is 2. The molecule has 0 unspecified atom stereocenters. The summed E-state index contributed by atoms with van der Waals surface area (Å²) in [5.41, 5.74) is 2.31.